The number of nitrogens with two attached hydrogens (primary N) is 1. The lowest BCUT2D eigenvalue weighted by atomic mass is 9.97. The molecule has 1 fully saturated rings. The summed E-state index contributed by atoms with van der Waals surface area (Å²) in [6.07, 6.45) is -3.37. The standard InChI is InChI=1S/C11H20F3N3O/c1-10(15,11(12,13)14)9(18)17-6-4-8(5-7-17)16(2)3/h8H,4-7,15H2,1-3H3. The van der Waals surface area contributed by atoms with Gasteiger partial charge in [0.2, 0.25) is 0 Å². The summed E-state index contributed by atoms with van der Waals surface area (Å²) in [5.41, 5.74) is 2.34. The highest BCUT2D eigenvalue weighted by Crippen LogP contribution is 2.30. The van der Waals surface area contributed by atoms with Crippen LogP contribution in [0.15, 0.2) is 0 Å². The summed E-state index contributed by atoms with van der Waals surface area (Å²) in [6.45, 7) is 1.38. The van der Waals surface area contributed by atoms with E-state index in [1.54, 1.807) is 0 Å². The van der Waals surface area contributed by atoms with Crippen molar-refractivity contribution in [2.45, 2.75) is 37.5 Å². The third kappa shape index (κ3) is 2.95. The predicted molar refractivity (Wildman–Crippen MR) is 61.9 cm³/mol. The van der Waals surface area contributed by atoms with Gasteiger partial charge < -0.3 is 15.5 Å². The van der Waals surface area contributed by atoms with Gasteiger partial charge in [-0.2, -0.15) is 13.2 Å². The zero-order valence-corrected chi connectivity index (χ0v) is 10.9. The average molecular weight is 267 g/mol. The van der Waals surface area contributed by atoms with Crippen LogP contribution in [0.3, 0.4) is 0 Å². The minimum atomic E-state index is -4.72. The first kappa shape index (κ1) is 15.2. The number of hydrogen-bond acceptors (Lipinski definition) is 3. The maximum absolute atomic E-state index is 12.7. The molecule has 1 atom stereocenters. The number of alkyl halides is 3. The molecule has 7 heteroatoms. The Kier molecular flexibility index (Phi) is 4.27. The molecule has 1 aliphatic rings. The van der Waals surface area contributed by atoms with E-state index in [2.05, 4.69) is 0 Å². The Bertz CT molecular complexity index is 307. The smallest absolute Gasteiger partial charge is 0.341 e. The van der Waals surface area contributed by atoms with E-state index in [1.165, 1.54) is 4.90 Å². The molecule has 0 radical (unpaired) electrons. The summed E-state index contributed by atoms with van der Waals surface area (Å²) < 4.78 is 38.0. The van der Waals surface area contributed by atoms with Gasteiger partial charge in [-0.15, -0.1) is 0 Å². The highest BCUT2D eigenvalue weighted by Gasteiger charge is 2.55. The second-order valence-corrected chi connectivity index (χ2v) is 5.19. The van der Waals surface area contributed by atoms with E-state index in [-0.39, 0.29) is 0 Å². The topological polar surface area (TPSA) is 49.6 Å². The quantitative estimate of drug-likeness (QED) is 0.806. The largest absolute Gasteiger partial charge is 0.415 e. The van der Waals surface area contributed by atoms with Crippen molar-refractivity contribution in [1.82, 2.24) is 9.80 Å². The minimum Gasteiger partial charge on any atom is -0.341 e. The number of carbonyl (C=O) groups excluding carboxylic acids is 1. The first-order valence-electron chi connectivity index (χ1n) is 5.88. The van der Waals surface area contributed by atoms with E-state index < -0.39 is 17.6 Å². The second kappa shape index (κ2) is 5.05. The Morgan fingerprint density at radius 1 is 1.28 bits per heavy atom. The molecule has 0 aromatic rings. The molecule has 0 aromatic heterocycles. The monoisotopic (exact) mass is 267 g/mol. The Hall–Kier alpha value is -0.820. The zero-order valence-electron chi connectivity index (χ0n) is 10.9. The molecule has 1 saturated heterocycles. The molecule has 4 nitrogen and oxygen atoms in total. The maximum atomic E-state index is 12.7. The number of nitrogens with zero attached hydrogens (tertiary/aromatic N) is 2. The molecule has 0 saturated carbocycles. The van der Waals surface area contributed by atoms with Crippen molar-refractivity contribution in [3.05, 3.63) is 0 Å². The highest BCUT2D eigenvalue weighted by molar-refractivity contribution is 5.86. The molecule has 1 aliphatic heterocycles. The average Bonchev–Trinajstić information content (AvgIpc) is 2.26. The molecule has 2 N–H and O–H groups in total. The molecule has 0 aromatic carbocycles. The minimum absolute atomic E-state index is 0.309. The first-order chi connectivity index (χ1) is 8.07. The van der Waals surface area contributed by atoms with Gasteiger partial charge in [-0.25, -0.2) is 0 Å². The van der Waals surface area contributed by atoms with Crippen LogP contribution in [0.4, 0.5) is 13.2 Å². The van der Waals surface area contributed by atoms with Gasteiger partial charge in [0.05, 0.1) is 0 Å². The Morgan fingerprint density at radius 2 is 1.72 bits per heavy atom. The molecule has 1 rings (SSSR count). The number of carbonyl (C=O) groups is 1. The number of hydrogen-bond donors (Lipinski definition) is 1. The van der Waals surface area contributed by atoms with Gasteiger partial charge in [-0.1, -0.05) is 0 Å². The van der Waals surface area contributed by atoms with Crippen molar-refractivity contribution in [1.29, 1.82) is 0 Å². The van der Waals surface area contributed by atoms with Gasteiger partial charge in [-0.05, 0) is 33.9 Å². The number of halogens is 3. The molecule has 0 aliphatic carbocycles. The first-order valence-corrected chi connectivity index (χ1v) is 5.88. The SMILES string of the molecule is CN(C)C1CCN(C(=O)C(C)(N)C(F)(F)F)CC1. The van der Waals surface area contributed by atoms with Crippen LogP contribution in [0.5, 0.6) is 0 Å². The summed E-state index contributed by atoms with van der Waals surface area (Å²) in [4.78, 5) is 15.0. The molecule has 0 bridgehead atoms. The van der Waals surface area contributed by atoms with E-state index in [0.29, 0.717) is 32.0 Å². The zero-order chi connectivity index (χ0) is 14.1. The van der Waals surface area contributed by atoms with Crippen LogP contribution in [0.25, 0.3) is 0 Å². The summed E-state index contributed by atoms with van der Waals surface area (Å²) in [7, 11) is 3.84. The van der Waals surface area contributed by atoms with Crippen LogP contribution >= 0.6 is 0 Å². The third-order valence-electron chi connectivity index (χ3n) is 3.52. The highest BCUT2D eigenvalue weighted by atomic mass is 19.4. The lowest BCUT2D eigenvalue weighted by Crippen LogP contribution is -2.63. The van der Waals surface area contributed by atoms with Gasteiger partial charge in [-0.3, -0.25) is 4.79 Å². The van der Waals surface area contributed by atoms with E-state index in [4.69, 9.17) is 5.73 Å². The van der Waals surface area contributed by atoms with E-state index >= 15 is 0 Å². The third-order valence-corrected chi connectivity index (χ3v) is 3.52. The Morgan fingerprint density at radius 3 is 2.06 bits per heavy atom. The summed E-state index contributed by atoms with van der Waals surface area (Å²) in [5.74, 6) is -1.03. The number of piperidine rings is 1. The van der Waals surface area contributed by atoms with Crippen LogP contribution in [-0.4, -0.2) is 60.6 Å². The van der Waals surface area contributed by atoms with Crippen molar-refractivity contribution in [3.63, 3.8) is 0 Å². The van der Waals surface area contributed by atoms with E-state index in [0.717, 1.165) is 6.92 Å². The Balaban J connectivity index is 2.66. The summed E-state index contributed by atoms with van der Waals surface area (Å²) in [6, 6.07) is 0.309. The van der Waals surface area contributed by atoms with Gasteiger partial charge in [0.25, 0.3) is 5.91 Å². The van der Waals surface area contributed by atoms with E-state index in [1.807, 2.05) is 19.0 Å². The lowest BCUT2D eigenvalue weighted by molar-refractivity contribution is -0.194. The van der Waals surface area contributed by atoms with Gasteiger partial charge in [0.1, 0.15) is 0 Å². The molecule has 0 spiro atoms. The normalized spacial score (nSPS) is 22.1. The van der Waals surface area contributed by atoms with Crippen LogP contribution in [-0.2, 0) is 4.79 Å². The predicted octanol–water partition coefficient (Wildman–Crippen LogP) is 0.819. The maximum Gasteiger partial charge on any atom is 0.415 e. The van der Waals surface area contributed by atoms with Crippen molar-refractivity contribution >= 4 is 5.91 Å². The molecular formula is C11H20F3N3O. The fourth-order valence-electron chi connectivity index (χ4n) is 2.04. The molecule has 18 heavy (non-hydrogen) atoms. The molecular weight excluding hydrogens is 247 g/mol. The molecule has 1 unspecified atom stereocenters. The lowest BCUT2D eigenvalue weighted by Gasteiger charge is -2.39. The number of amides is 1. The number of likely N-dealkylation sites (tertiary alicyclic amines) is 1. The van der Waals surface area contributed by atoms with Crippen molar-refractivity contribution in [2.75, 3.05) is 27.2 Å². The van der Waals surface area contributed by atoms with Gasteiger partial charge in [0.15, 0.2) is 5.54 Å². The molecule has 1 amide bonds. The van der Waals surface area contributed by atoms with E-state index in [9.17, 15) is 18.0 Å². The van der Waals surface area contributed by atoms with Gasteiger partial charge >= 0.3 is 6.18 Å². The van der Waals surface area contributed by atoms with Crippen LogP contribution in [0.1, 0.15) is 19.8 Å². The van der Waals surface area contributed by atoms with Crippen LogP contribution in [0, 0.1) is 0 Å². The second-order valence-electron chi connectivity index (χ2n) is 5.19. The molecule has 106 valence electrons. The van der Waals surface area contributed by atoms with Crippen LogP contribution in [0.2, 0.25) is 0 Å². The summed E-state index contributed by atoms with van der Waals surface area (Å²) in [5, 5.41) is 0. The Labute approximate surface area is 105 Å². The van der Waals surface area contributed by atoms with Crippen molar-refractivity contribution < 1.29 is 18.0 Å². The fraction of sp³-hybridized carbons (Fsp3) is 0.909. The fourth-order valence-corrected chi connectivity index (χ4v) is 2.04. The van der Waals surface area contributed by atoms with Crippen molar-refractivity contribution in [3.8, 4) is 0 Å². The van der Waals surface area contributed by atoms with Gasteiger partial charge in [0, 0.05) is 19.1 Å². The summed E-state index contributed by atoms with van der Waals surface area (Å²) >= 11 is 0. The van der Waals surface area contributed by atoms with Crippen molar-refractivity contribution in [2.24, 2.45) is 5.73 Å². The van der Waals surface area contributed by atoms with Crippen LogP contribution < -0.4 is 5.73 Å². The molecule has 1 heterocycles. The number of rotatable bonds is 2.